The van der Waals surface area contributed by atoms with E-state index in [2.05, 4.69) is 10.2 Å². The number of amides is 1. The van der Waals surface area contributed by atoms with Crippen LogP contribution in [0.4, 0.5) is 0 Å². The molecule has 1 unspecified atom stereocenters. The molecule has 1 aromatic carbocycles. The Kier molecular flexibility index (Phi) is 4.74. The second kappa shape index (κ2) is 6.52. The van der Waals surface area contributed by atoms with Gasteiger partial charge in [-0.15, -0.1) is 0 Å². The molecule has 1 atom stereocenters. The van der Waals surface area contributed by atoms with Gasteiger partial charge < -0.3 is 15.0 Å². The summed E-state index contributed by atoms with van der Waals surface area (Å²) in [6.45, 7) is 1.50. The molecule has 5 heteroatoms. The summed E-state index contributed by atoms with van der Waals surface area (Å²) in [7, 11) is 3.98. The third-order valence-electron chi connectivity index (χ3n) is 3.27. The first-order valence-corrected chi connectivity index (χ1v) is 6.79. The minimum absolute atomic E-state index is 0.216. The molecular weight excluding hydrogens is 256 g/mol. The van der Waals surface area contributed by atoms with E-state index in [1.165, 1.54) is 0 Å². The molecule has 1 N–H and O–H groups in total. The number of rotatable bonds is 5. The van der Waals surface area contributed by atoms with E-state index in [4.69, 9.17) is 4.74 Å². The van der Waals surface area contributed by atoms with E-state index in [0.29, 0.717) is 18.5 Å². The molecule has 1 aliphatic rings. The number of nitrogens with zero attached hydrogens (tertiary/aromatic N) is 1. The van der Waals surface area contributed by atoms with Crippen LogP contribution in [0.2, 0.25) is 0 Å². The molecular formula is C15H20N2O3. The minimum Gasteiger partial charge on any atom is -0.448 e. The van der Waals surface area contributed by atoms with Gasteiger partial charge in [-0.3, -0.25) is 4.79 Å². The lowest BCUT2D eigenvalue weighted by molar-refractivity contribution is -0.130. The molecule has 0 bridgehead atoms. The molecule has 1 aromatic rings. The fourth-order valence-electron chi connectivity index (χ4n) is 2.20. The molecule has 20 heavy (non-hydrogen) atoms. The van der Waals surface area contributed by atoms with Crippen LogP contribution in [0.1, 0.15) is 22.3 Å². The predicted molar refractivity (Wildman–Crippen MR) is 75.5 cm³/mol. The van der Waals surface area contributed by atoms with Gasteiger partial charge in [0.2, 0.25) is 0 Å². The van der Waals surface area contributed by atoms with Crippen LogP contribution in [0.3, 0.4) is 0 Å². The Morgan fingerprint density at radius 2 is 2.15 bits per heavy atom. The minimum atomic E-state index is -0.711. The van der Waals surface area contributed by atoms with Crippen LogP contribution in [-0.4, -0.2) is 50.1 Å². The number of fused-ring (bicyclic) bond motifs is 1. The molecule has 1 heterocycles. The number of esters is 1. The average molecular weight is 276 g/mol. The topological polar surface area (TPSA) is 58.6 Å². The zero-order valence-electron chi connectivity index (χ0n) is 11.9. The average Bonchev–Trinajstić information content (AvgIpc) is 2.43. The van der Waals surface area contributed by atoms with Crippen LogP contribution < -0.4 is 5.32 Å². The van der Waals surface area contributed by atoms with Gasteiger partial charge in [-0.1, -0.05) is 18.2 Å². The molecule has 108 valence electrons. The first-order valence-electron chi connectivity index (χ1n) is 6.79. The van der Waals surface area contributed by atoms with Crippen molar-refractivity contribution in [3.63, 3.8) is 0 Å². The van der Waals surface area contributed by atoms with Gasteiger partial charge in [-0.2, -0.15) is 0 Å². The van der Waals surface area contributed by atoms with Crippen molar-refractivity contribution in [2.24, 2.45) is 0 Å². The van der Waals surface area contributed by atoms with Crippen molar-refractivity contribution >= 4 is 11.9 Å². The van der Waals surface area contributed by atoms with Crippen LogP contribution in [0.5, 0.6) is 0 Å². The Bertz CT molecular complexity index is 500. The van der Waals surface area contributed by atoms with Gasteiger partial charge in [0.25, 0.3) is 5.91 Å². The fourth-order valence-corrected chi connectivity index (χ4v) is 2.20. The van der Waals surface area contributed by atoms with Crippen molar-refractivity contribution in [1.29, 1.82) is 0 Å². The lowest BCUT2D eigenvalue weighted by Gasteiger charge is -2.23. The second-order valence-electron chi connectivity index (χ2n) is 5.20. The predicted octanol–water partition coefficient (Wildman–Crippen LogP) is 0.836. The van der Waals surface area contributed by atoms with Crippen LogP contribution in [0.25, 0.3) is 0 Å². The summed E-state index contributed by atoms with van der Waals surface area (Å²) >= 11 is 0. The summed E-state index contributed by atoms with van der Waals surface area (Å²) in [5.41, 5.74) is 1.43. The molecule has 0 saturated heterocycles. The smallest absolute Gasteiger partial charge is 0.339 e. The van der Waals surface area contributed by atoms with E-state index in [0.717, 1.165) is 18.5 Å². The van der Waals surface area contributed by atoms with Crippen LogP contribution >= 0.6 is 0 Å². The van der Waals surface area contributed by atoms with Gasteiger partial charge in [-0.25, -0.2) is 4.79 Å². The van der Waals surface area contributed by atoms with Gasteiger partial charge in [0.05, 0.1) is 5.56 Å². The maximum absolute atomic E-state index is 12.0. The summed E-state index contributed by atoms with van der Waals surface area (Å²) in [5.74, 6) is -0.632. The van der Waals surface area contributed by atoms with Crippen LogP contribution in [-0.2, 0) is 16.0 Å². The molecule has 5 nitrogen and oxygen atoms in total. The van der Waals surface area contributed by atoms with E-state index in [9.17, 15) is 9.59 Å². The summed E-state index contributed by atoms with van der Waals surface area (Å²) in [4.78, 5) is 25.9. The van der Waals surface area contributed by atoms with Gasteiger partial charge in [0.15, 0.2) is 6.10 Å². The Balaban J connectivity index is 1.88. The Labute approximate surface area is 118 Å². The molecule has 1 aliphatic heterocycles. The summed E-state index contributed by atoms with van der Waals surface area (Å²) in [5, 5.41) is 2.82. The van der Waals surface area contributed by atoms with Gasteiger partial charge in [-0.05, 0) is 38.7 Å². The van der Waals surface area contributed by atoms with Crippen molar-refractivity contribution in [2.75, 3.05) is 27.2 Å². The number of hydrogen-bond donors (Lipinski definition) is 1. The molecule has 0 saturated carbocycles. The van der Waals surface area contributed by atoms with Gasteiger partial charge in [0.1, 0.15) is 0 Å². The molecule has 0 fully saturated rings. The molecule has 0 aromatic heterocycles. The quantitative estimate of drug-likeness (QED) is 0.639. The zero-order chi connectivity index (χ0) is 14.5. The number of carbonyl (C=O) groups excluding carboxylic acids is 2. The van der Waals surface area contributed by atoms with Crippen LogP contribution in [0, 0.1) is 0 Å². The first kappa shape index (κ1) is 14.5. The molecule has 1 amide bonds. The maximum atomic E-state index is 12.0. The Hall–Kier alpha value is -1.88. The van der Waals surface area contributed by atoms with Crippen molar-refractivity contribution in [2.45, 2.75) is 18.9 Å². The summed E-state index contributed by atoms with van der Waals surface area (Å²) in [6.07, 6.45) is 0.606. The maximum Gasteiger partial charge on any atom is 0.339 e. The number of hydrogen-bond acceptors (Lipinski definition) is 4. The standard InChI is InChI=1S/C15H20N2O3/c1-17(2)9-5-8-16-14(18)13-10-11-6-3-4-7-12(11)15(19)20-13/h3-4,6-7,13H,5,8-10H2,1-2H3,(H,16,18). The fraction of sp³-hybridized carbons (Fsp3) is 0.467. The van der Waals surface area contributed by atoms with Crippen molar-refractivity contribution < 1.29 is 14.3 Å². The highest BCUT2D eigenvalue weighted by atomic mass is 16.5. The normalized spacial score (nSPS) is 17.6. The number of benzene rings is 1. The Morgan fingerprint density at radius 3 is 2.90 bits per heavy atom. The van der Waals surface area contributed by atoms with E-state index in [-0.39, 0.29) is 5.91 Å². The number of carbonyl (C=O) groups is 2. The Morgan fingerprint density at radius 1 is 1.40 bits per heavy atom. The molecule has 0 spiro atoms. The van der Waals surface area contributed by atoms with Crippen molar-refractivity contribution in [3.8, 4) is 0 Å². The van der Waals surface area contributed by atoms with Crippen LogP contribution in [0.15, 0.2) is 24.3 Å². The van der Waals surface area contributed by atoms with Gasteiger partial charge in [0, 0.05) is 13.0 Å². The number of nitrogens with one attached hydrogen (secondary N) is 1. The highest BCUT2D eigenvalue weighted by Gasteiger charge is 2.30. The third kappa shape index (κ3) is 3.57. The largest absolute Gasteiger partial charge is 0.448 e. The summed E-state index contributed by atoms with van der Waals surface area (Å²) in [6, 6.07) is 7.25. The van der Waals surface area contributed by atoms with E-state index < -0.39 is 12.1 Å². The summed E-state index contributed by atoms with van der Waals surface area (Å²) < 4.78 is 5.19. The van der Waals surface area contributed by atoms with Gasteiger partial charge >= 0.3 is 5.97 Å². The molecule has 0 aliphatic carbocycles. The molecule has 2 rings (SSSR count). The SMILES string of the molecule is CN(C)CCCNC(=O)C1Cc2ccccc2C(=O)O1. The zero-order valence-corrected chi connectivity index (χ0v) is 11.9. The van der Waals surface area contributed by atoms with Crippen molar-refractivity contribution in [3.05, 3.63) is 35.4 Å². The highest BCUT2D eigenvalue weighted by molar-refractivity contribution is 5.95. The van der Waals surface area contributed by atoms with E-state index in [1.807, 2.05) is 26.2 Å². The second-order valence-corrected chi connectivity index (χ2v) is 5.20. The number of cyclic esters (lactones) is 1. The highest BCUT2D eigenvalue weighted by Crippen LogP contribution is 2.20. The molecule has 0 radical (unpaired) electrons. The first-order chi connectivity index (χ1) is 9.58. The monoisotopic (exact) mass is 276 g/mol. The van der Waals surface area contributed by atoms with E-state index >= 15 is 0 Å². The number of ether oxygens (including phenoxy) is 1. The lowest BCUT2D eigenvalue weighted by Crippen LogP contribution is -2.42. The van der Waals surface area contributed by atoms with Crippen molar-refractivity contribution in [1.82, 2.24) is 10.2 Å². The third-order valence-corrected chi connectivity index (χ3v) is 3.27. The van der Waals surface area contributed by atoms with E-state index in [1.54, 1.807) is 12.1 Å². The lowest BCUT2D eigenvalue weighted by atomic mass is 9.98.